The van der Waals surface area contributed by atoms with Crippen LogP contribution in [-0.4, -0.2) is 22.7 Å². The van der Waals surface area contributed by atoms with E-state index in [1.54, 1.807) is 17.4 Å². The normalized spacial score (nSPS) is 17.4. The van der Waals surface area contributed by atoms with Crippen LogP contribution in [0.25, 0.3) is 16.8 Å². The number of ether oxygens (including phenoxy) is 1. The van der Waals surface area contributed by atoms with Crippen LogP contribution in [0.3, 0.4) is 0 Å². The summed E-state index contributed by atoms with van der Waals surface area (Å²) in [5, 5.41) is 13.0. The molecule has 1 aromatic heterocycles. The number of thiazole rings is 1. The first-order valence-corrected chi connectivity index (χ1v) is 9.08. The van der Waals surface area contributed by atoms with Crippen LogP contribution in [0.5, 0.6) is 5.75 Å². The fourth-order valence-corrected chi connectivity index (χ4v) is 3.79. The highest BCUT2D eigenvalue weighted by Gasteiger charge is 2.24. The zero-order chi connectivity index (χ0) is 17.1. The van der Waals surface area contributed by atoms with Gasteiger partial charge in [0, 0.05) is 10.9 Å². The third-order valence-corrected chi connectivity index (χ3v) is 5.16. The number of phenolic OH excluding ortho intramolecular Hbond substituents is 1. The van der Waals surface area contributed by atoms with Crippen molar-refractivity contribution in [2.75, 3.05) is 6.61 Å². The Morgan fingerprint density at radius 1 is 1.46 bits per heavy atom. The van der Waals surface area contributed by atoms with Crippen molar-refractivity contribution >= 4 is 22.9 Å². The summed E-state index contributed by atoms with van der Waals surface area (Å²) in [7, 11) is 0. The fourth-order valence-electron chi connectivity index (χ4n) is 2.90. The summed E-state index contributed by atoms with van der Waals surface area (Å²) in [5.74, 6) is 0.115. The van der Waals surface area contributed by atoms with E-state index in [-0.39, 0.29) is 17.6 Å². The minimum absolute atomic E-state index is 0.0334. The monoisotopic (exact) mass is 343 g/mol. The van der Waals surface area contributed by atoms with Crippen LogP contribution in [0, 0.1) is 12.8 Å². The Bertz CT molecular complexity index is 779. The van der Waals surface area contributed by atoms with E-state index in [4.69, 9.17) is 4.74 Å². The summed E-state index contributed by atoms with van der Waals surface area (Å²) < 4.78 is 5.10. The standard InChI is InChI=1S/C19H21NO3S/c1-3-23-19(22)14-7-5-13(6-8-14)18-20-16(11-24-18)15-10-12(2)4-9-17(15)21/h4-5,9-11,14,21H,3,6-8H2,1-2H3. The van der Waals surface area contributed by atoms with Gasteiger partial charge in [0.1, 0.15) is 10.8 Å². The molecular formula is C19H21NO3S. The van der Waals surface area contributed by atoms with Gasteiger partial charge < -0.3 is 9.84 Å². The maximum absolute atomic E-state index is 11.8. The first-order valence-electron chi connectivity index (χ1n) is 8.20. The zero-order valence-corrected chi connectivity index (χ0v) is 14.7. The van der Waals surface area contributed by atoms with Gasteiger partial charge in [0.15, 0.2) is 0 Å². The van der Waals surface area contributed by atoms with Gasteiger partial charge >= 0.3 is 5.97 Å². The molecule has 1 N–H and O–H groups in total. The number of hydrogen-bond acceptors (Lipinski definition) is 5. The van der Waals surface area contributed by atoms with E-state index in [1.807, 2.05) is 31.4 Å². The number of phenols is 1. The predicted octanol–water partition coefficient (Wildman–Crippen LogP) is 4.57. The number of hydrogen-bond donors (Lipinski definition) is 1. The molecular weight excluding hydrogens is 322 g/mol. The van der Waals surface area contributed by atoms with Crippen molar-refractivity contribution in [2.45, 2.75) is 33.1 Å². The highest BCUT2D eigenvalue weighted by atomic mass is 32.1. The molecule has 2 aromatic rings. The van der Waals surface area contributed by atoms with Crippen molar-refractivity contribution in [3.05, 3.63) is 40.2 Å². The Morgan fingerprint density at radius 2 is 2.29 bits per heavy atom. The minimum atomic E-state index is -0.0997. The van der Waals surface area contributed by atoms with Crippen molar-refractivity contribution in [2.24, 2.45) is 5.92 Å². The lowest BCUT2D eigenvalue weighted by Gasteiger charge is -2.19. The number of esters is 1. The number of carbonyl (C=O) groups excluding carboxylic acids is 1. The van der Waals surface area contributed by atoms with E-state index in [0.717, 1.165) is 34.7 Å². The fraction of sp³-hybridized carbons (Fsp3) is 0.368. The Hall–Kier alpha value is -2.14. The van der Waals surface area contributed by atoms with Gasteiger partial charge in [0.25, 0.3) is 0 Å². The molecule has 0 aliphatic heterocycles. The van der Waals surface area contributed by atoms with Gasteiger partial charge in [-0.3, -0.25) is 4.79 Å². The maximum Gasteiger partial charge on any atom is 0.309 e. The second kappa shape index (κ2) is 7.18. The summed E-state index contributed by atoms with van der Waals surface area (Å²) in [6.07, 6.45) is 4.44. The Labute approximate surface area is 145 Å². The summed E-state index contributed by atoms with van der Waals surface area (Å²) in [6, 6.07) is 5.53. The molecule has 0 radical (unpaired) electrons. The average molecular weight is 343 g/mol. The lowest BCUT2D eigenvalue weighted by atomic mass is 9.90. The average Bonchev–Trinajstić information content (AvgIpc) is 3.07. The number of allylic oxidation sites excluding steroid dienone is 2. The van der Waals surface area contributed by atoms with Crippen LogP contribution < -0.4 is 0 Å². The Morgan fingerprint density at radius 3 is 3.00 bits per heavy atom. The summed E-state index contributed by atoms with van der Waals surface area (Å²) in [4.78, 5) is 16.5. The van der Waals surface area contributed by atoms with Gasteiger partial charge in [-0.25, -0.2) is 4.98 Å². The van der Waals surface area contributed by atoms with Crippen molar-refractivity contribution in [1.82, 2.24) is 4.98 Å². The van der Waals surface area contributed by atoms with Crippen LogP contribution in [0.15, 0.2) is 29.7 Å². The molecule has 4 nitrogen and oxygen atoms in total. The third kappa shape index (κ3) is 3.51. The first kappa shape index (κ1) is 16.7. The van der Waals surface area contributed by atoms with Crippen LogP contribution in [0.1, 0.15) is 36.8 Å². The number of aromatic nitrogens is 1. The predicted molar refractivity (Wildman–Crippen MR) is 95.9 cm³/mol. The molecule has 1 atom stereocenters. The maximum atomic E-state index is 11.8. The third-order valence-electron chi connectivity index (χ3n) is 4.24. The molecule has 0 saturated carbocycles. The number of nitrogens with zero attached hydrogens (tertiary/aromatic N) is 1. The molecule has 5 heteroatoms. The van der Waals surface area contributed by atoms with Crippen molar-refractivity contribution < 1.29 is 14.6 Å². The van der Waals surface area contributed by atoms with E-state index in [9.17, 15) is 9.90 Å². The molecule has 1 unspecified atom stereocenters. The number of aromatic hydroxyl groups is 1. The lowest BCUT2D eigenvalue weighted by molar-refractivity contribution is -0.148. The quantitative estimate of drug-likeness (QED) is 0.826. The van der Waals surface area contributed by atoms with E-state index < -0.39 is 0 Å². The summed E-state index contributed by atoms with van der Waals surface area (Å²) in [5.41, 5.74) is 3.83. The molecule has 1 aliphatic carbocycles. The largest absolute Gasteiger partial charge is 0.507 e. The van der Waals surface area contributed by atoms with Crippen LogP contribution in [0.4, 0.5) is 0 Å². The van der Waals surface area contributed by atoms with Crippen molar-refractivity contribution in [3.8, 4) is 17.0 Å². The number of benzene rings is 1. The number of carbonyl (C=O) groups is 1. The van der Waals surface area contributed by atoms with Gasteiger partial charge in [0.2, 0.25) is 0 Å². The molecule has 0 fully saturated rings. The molecule has 24 heavy (non-hydrogen) atoms. The molecule has 0 saturated heterocycles. The van der Waals surface area contributed by atoms with Crippen LogP contribution >= 0.6 is 11.3 Å². The second-order valence-electron chi connectivity index (χ2n) is 6.01. The smallest absolute Gasteiger partial charge is 0.309 e. The topological polar surface area (TPSA) is 59.4 Å². The second-order valence-corrected chi connectivity index (χ2v) is 6.87. The lowest BCUT2D eigenvalue weighted by Crippen LogP contribution is -2.19. The van der Waals surface area contributed by atoms with E-state index in [1.165, 1.54) is 5.57 Å². The number of rotatable bonds is 4. The van der Waals surface area contributed by atoms with Crippen molar-refractivity contribution in [3.63, 3.8) is 0 Å². The van der Waals surface area contributed by atoms with Gasteiger partial charge in [0.05, 0.1) is 18.2 Å². The summed E-state index contributed by atoms with van der Waals surface area (Å²) >= 11 is 1.58. The van der Waals surface area contributed by atoms with E-state index in [0.29, 0.717) is 13.0 Å². The Balaban J connectivity index is 1.77. The molecule has 1 aromatic carbocycles. The Kier molecular flexibility index (Phi) is 5.00. The molecule has 0 bridgehead atoms. The van der Waals surface area contributed by atoms with E-state index >= 15 is 0 Å². The number of aryl methyl sites for hydroxylation is 1. The molecule has 126 valence electrons. The molecule has 0 spiro atoms. The minimum Gasteiger partial charge on any atom is -0.507 e. The van der Waals surface area contributed by atoms with Gasteiger partial charge in [-0.15, -0.1) is 11.3 Å². The SMILES string of the molecule is CCOC(=O)C1CC=C(c2nc(-c3cc(C)ccc3O)cs2)CC1. The van der Waals surface area contributed by atoms with Gasteiger partial charge in [-0.05, 0) is 50.8 Å². The van der Waals surface area contributed by atoms with Crippen LogP contribution in [0.2, 0.25) is 0 Å². The van der Waals surface area contributed by atoms with E-state index in [2.05, 4.69) is 11.1 Å². The molecule has 1 aliphatic rings. The van der Waals surface area contributed by atoms with Crippen LogP contribution in [-0.2, 0) is 9.53 Å². The van der Waals surface area contributed by atoms with Gasteiger partial charge in [-0.1, -0.05) is 17.7 Å². The molecule has 1 heterocycles. The van der Waals surface area contributed by atoms with Crippen molar-refractivity contribution in [1.29, 1.82) is 0 Å². The summed E-state index contributed by atoms with van der Waals surface area (Å²) in [6.45, 7) is 4.26. The molecule has 0 amide bonds. The highest BCUT2D eigenvalue weighted by Crippen LogP contribution is 2.36. The first-order chi connectivity index (χ1) is 11.6. The zero-order valence-electron chi connectivity index (χ0n) is 13.9. The van der Waals surface area contributed by atoms with Gasteiger partial charge in [-0.2, -0.15) is 0 Å². The molecule has 3 rings (SSSR count). The highest BCUT2D eigenvalue weighted by molar-refractivity contribution is 7.11.